The third kappa shape index (κ3) is 1.30. The van der Waals surface area contributed by atoms with Crippen LogP contribution in [0.15, 0.2) is 36.4 Å². The van der Waals surface area contributed by atoms with Crippen molar-refractivity contribution in [2.24, 2.45) is 0 Å². The van der Waals surface area contributed by atoms with E-state index in [9.17, 15) is 4.39 Å². The molecule has 1 aromatic heterocycles. The van der Waals surface area contributed by atoms with Crippen LogP contribution in [0, 0.1) is 0 Å². The molecule has 1 aliphatic heterocycles. The van der Waals surface area contributed by atoms with E-state index in [0.29, 0.717) is 6.42 Å². The van der Waals surface area contributed by atoms with E-state index in [2.05, 4.69) is 10.3 Å². The molecule has 0 saturated carbocycles. The standard InChI is InChI=1S/C9H9FN2/c10-7-5-9(12-6-7)8-3-1-2-4-11-8/h1-4,6,9,12H,5H2/t9-/m1/s1. The van der Waals surface area contributed by atoms with E-state index in [1.807, 2.05) is 18.2 Å². The molecule has 1 aromatic rings. The lowest BCUT2D eigenvalue weighted by Gasteiger charge is -2.08. The molecule has 1 aliphatic rings. The fourth-order valence-electron chi connectivity index (χ4n) is 1.28. The summed E-state index contributed by atoms with van der Waals surface area (Å²) in [6.07, 6.45) is 3.53. The fourth-order valence-corrected chi connectivity index (χ4v) is 1.28. The Morgan fingerprint density at radius 2 is 2.42 bits per heavy atom. The van der Waals surface area contributed by atoms with Gasteiger partial charge in [0.15, 0.2) is 0 Å². The van der Waals surface area contributed by atoms with Gasteiger partial charge in [0, 0.05) is 18.8 Å². The first kappa shape index (κ1) is 7.28. The molecule has 0 unspecified atom stereocenters. The van der Waals surface area contributed by atoms with Gasteiger partial charge < -0.3 is 5.32 Å². The summed E-state index contributed by atoms with van der Waals surface area (Å²) in [7, 11) is 0. The van der Waals surface area contributed by atoms with E-state index >= 15 is 0 Å². The molecule has 0 saturated heterocycles. The highest BCUT2D eigenvalue weighted by Crippen LogP contribution is 2.24. The summed E-state index contributed by atoms with van der Waals surface area (Å²) >= 11 is 0. The minimum Gasteiger partial charge on any atom is -0.380 e. The van der Waals surface area contributed by atoms with Crippen LogP contribution in [0.4, 0.5) is 4.39 Å². The normalized spacial score (nSPS) is 21.8. The van der Waals surface area contributed by atoms with E-state index in [0.717, 1.165) is 5.69 Å². The molecule has 62 valence electrons. The molecule has 0 bridgehead atoms. The highest BCUT2D eigenvalue weighted by Gasteiger charge is 2.18. The van der Waals surface area contributed by atoms with Crippen LogP contribution < -0.4 is 5.32 Å². The Hall–Kier alpha value is -1.38. The monoisotopic (exact) mass is 164 g/mol. The van der Waals surface area contributed by atoms with Gasteiger partial charge in [0.25, 0.3) is 0 Å². The first-order valence-corrected chi connectivity index (χ1v) is 3.88. The maximum Gasteiger partial charge on any atom is 0.118 e. The van der Waals surface area contributed by atoms with Crippen molar-refractivity contribution >= 4 is 0 Å². The second-order valence-corrected chi connectivity index (χ2v) is 2.77. The lowest BCUT2D eigenvalue weighted by Crippen LogP contribution is -2.10. The second kappa shape index (κ2) is 2.93. The van der Waals surface area contributed by atoms with E-state index in [1.54, 1.807) is 6.20 Å². The van der Waals surface area contributed by atoms with Crippen molar-refractivity contribution in [3.8, 4) is 0 Å². The third-order valence-electron chi connectivity index (χ3n) is 1.89. The van der Waals surface area contributed by atoms with Crippen LogP contribution in [0.2, 0.25) is 0 Å². The number of nitrogens with zero attached hydrogens (tertiary/aromatic N) is 1. The predicted octanol–water partition coefficient (Wildman–Crippen LogP) is 1.93. The van der Waals surface area contributed by atoms with Gasteiger partial charge in [-0.3, -0.25) is 4.98 Å². The first-order valence-electron chi connectivity index (χ1n) is 3.88. The maximum absolute atomic E-state index is 12.6. The number of rotatable bonds is 1. The van der Waals surface area contributed by atoms with Gasteiger partial charge in [0.1, 0.15) is 5.83 Å². The highest BCUT2D eigenvalue weighted by molar-refractivity contribution is 5.16. The van der Waals surface area contributed by atoms with Crippen LogP contribution in [0.5, 0.6) is 0 Å². The molecule has 0 fully saturated rings. The van der Waals surface area contributed by atoms with Crippen LogP contribution in [0.3, 0.4) is 0 Å². The molecular formula is C9H9FN2. The van der Waals surface area contributed by atoms with Gasteiger partial charge in [-0.05, 0) is 12.1 Å². The van der Waals surface area contributed by atoms with Crippen LogP contribution in [-0.2, 0) is 0 Å². The van der Waals surface area contributed by atoms with Gasteiger partial charge in [-0.2, -0.15) is 0 Å². The molecule has 1 atom stereocenters. The minimum absolute atomic E-state index is 0.0196. The zero-order valence-electron chi connectivity index (χ0n) is 6.50. The van der Waals surface area contributed by atoms with Gasteiger partial charge in [0.2, 0.25) is 0 Å². The zero-order chi connectivity index (χ0) is 8.39. The number of hydrogen-bond donors (Lipinski definition) is 1. The van der Waals surface area contributed by atoms with Crippen molar-refractivity contribution in [2.45, 2.75) is 12.5 Å². The van der Waals surface area contributed by atoms with Crippen molar-refractivity contribution < 1.29 is 4.39 Å². The molecule has 1 N–H and O–H groups in total. The average molecular weight is 164 g/mol. The molecule has 12 heavy (non-hydrogen) atoms. The van der Waals surface area contributed by atoms with Crippen LogP contribution in [-0.4, -0.2) is 4.98 Å². The fraction of sp³-hybridized carbons (Fsp3) is 0.222. The number of nitrogens with one attached hydrogen (secondary N) is 1. The molecule has 2 nitrogen and oxygen atoms in total. The molecule has 0 spiro atoms. The summed E-state index contributed by atoms with van der Waals surface area (Å²) in [6, 6.07) is 5.67. The Bertz CT molecular complexity index is 295. The summed E-state index contributed by atoms with van der Waals surface area (Å²) in [5, 5.41) is 2.92. The Labute approximate surface area is 70.1 Å². The Kier molecular flexibility index (Phi) is 1.78. The molecule has 0 aliphatic carbocycles. The molecule has 2 heterocycles. The van der Waals surface area contributed by atoms with Gasteiger partial charge in [-0.25, -0.2) is 4.39 Å². The SMILES string of the molecule is FC1=CN[C@@H](c2ccccn2)C1. The Morgan fingerprint density at radius 3 is 3.00 bits per heavy atom. The summed E-state index contributed by atoms with van der Waals surface area (Å²) in [6.45, 7) is 0. The van der Waals surface area contributed by atoms with Crippen LogP contribution >= 0.6 is 0 Å². The lowest BCUT2D eigenvalue weighted by molar-refractivity contribution is 0.561. The molecule has 3 heteroatoms. The summed E-state index contributed by atoms with van der Waals surface area (Å²) < 4.78 is 12.6. The van der Waals surface area contributed by atoms with Crippen molar-refractivity contribution in [3.63, 3.8) is 0 Å². The number of halogens is 1. The van der Waals surface area contributed by atoms with Crippen LogP contribution in [0.25, 0.3) is 0 Å². The van der Waals surface area contributed by atoms with E-state index in [4.69, 9.17) is 0 Å². The van der Waals surface area contributed by atoms with Crippen molar-refractivity contribution in [2.75, 3.05) is 0 Å². The van der Waals surface area contributed by atoms with Crippen LogP contribution in [0.1, 0.15) is 18.2 Å². The van der Waals surface area contributed by atoms with Gasteiger partial charge in [-0.15, -0.1) is 0 Å². The van der Waals surface area contributed by atoms with E-state index in [-0.39, 0.29) is 11.9 Å². The average Bonchev–Trinajstić information content (AvgIpc) is 2.54. The molecule has 0 radical (unpaired) electrons. The Balaban J connectivity index is 2.14. The number of aromatic nitrogens is 1. The molecule has 0 aromatic carbocycles. The summed E-state index contributed by atoms with van der Waals surface area (Å²) in [5.41, 5.74) is 0.890. The number of hydrogen-bond acceptors (Lipinski definition) is 2. The van der Waals surface area contributed by atoms with E-state index in [1.165, 1.54) is 6.20 Å². The topological polar surface area (TPSA) is 24.9 Å². The third-order valence-corrected chi connectivity index (χ3v) is 1.89. The largest absolute Gasteiger partial charge is 0.380 e. The van der Waals surface area contributed by atoms with Gasteiger partial charge >= 0.3 is 0 Å². The van der Waals surface area contributed by atoms with Crippen molar-refractivity contribution in [1.82, 2.24) is 10.3 Å². The quantitative estimate of drug-likeness (QED) is 0.686. The van der Waals surface area contributed by atoms with Gasteiger partial charge in [0.05, 0.1) is 11.7 Å². The molecule has 2 rings (SSSR count). The maximum atomic E-state index is 12.6. The van der Waals surface area contributed by atoms with Gasteiger partial charge in [-0.1, -0.05) is 6.07 Å². The summed E-state index contributed by atoms with van der Waals surface area (Å²) in [5.74, 6) is -0.106. The zero-order valence-corrected chi connectivity index (χ0v) is 6.50. The minimum atomic E-state index is -0.106. The lowest BCUT2D eigenvalue weighted by atomic mass is 10.1. The molecule has 0 amide bonds. The first-order chi connectivity index (χ1) is 5.86. The summed E-state index contributed by atoms with van der Waals surface area (Å²) in [4.78, 5) is 4.13. The number of pyridine rings is 1. The Morgan fingerprint density at radius 1 is 1.50 bits per heavy atom. The second-order valence-electron chi connectivity index (χ2n) is 2.77. The van der Waals surface area contributed by atoms with Crippen molar-refractivity contribution in [3.05, 3.63) is 42.1 Å². The van der Waals surface area contributed by atoms with Crippen molar-refractivity contribution in [1.29, 1.82) is 0 Å². The highest BCUT2D eigenvalue weighted by atomic mass is 19.1. The predicted molar refractivity (Wildman–Crippen MR) is 43.9 cm³/mol. The van der Waals surface area contributed by atoms with E-state index < -0.39 is 0 Å². The smallest absolute Gasteiger partial charge is 0.118 e. The molecular weight excluding hydrogens is 155 g/mol.